The van der Waals surface area contributed by atoms with Crippen LogP contribution in [0.5, 0.6) is 0 Å². The Labute approximate surface area is 145 Å². The van der Waals surface area contributed by atoms with Crippen molar-refractivity contribution in [2.24, 2.45) is 0 Å². The lowest BCUT2D eigenvalue weighted by molar-refractivity contribution is -0.231. The highest BCUT2D eigenvalue weighted by Gasteiger charge is 2.47. The van der Waals surface area contributed by atoms with Gasteiger partial charge in [-0.25, -0.2) is 13.2 Å². The summed E-state index contributed by atoms with van der Waals surface area (Å²) in [6.45, 7) is -0.694. The van der Waals surface area contributed by atoms with Gasteiger partial charge >= 0.3 is 12.1 Å². The molecule has 1 aromatic heterocycles. The number of nitrogens with zero attached hydrogens (tertiary/aromatic N) is 1. The van der Waals surface area contributed by atoms with E-state index in [2.05, 4.69) is 10.1 Å². The molecule has 7 nitrogen and oxygen atoms in total. The van der Waals surface area contributed by atoms with Crippen molar-refractivity contribution in [2.45, 2.75) is 29.5 Å². The van der Waals surface area contributed by atoms with E-state index in [1.54, 1.807) is 0 Å². The maximum atomic E-state index is 12.9. The number of ether oxygens (including phenoxy) is 1. The quantitative estimate of drug-likeness (QED) is 0.787. The second-order valence-electron chi connectivity index (χ2n) is 5.66. The van der Waals surface area contributed by atoms with Crippen LogP contribution >= 0.6 is 11.3 Å². The average Bonchev–Trinajstić information content (AvgIpc) is 2.94. The minimum Gasteiger partial charge on any atom is -0.478 e. The first-order valence-electron chi connectivity index (χ1n) is 7.39. The van der Waals surface area contributed by atoms with Crippen LogP contribution in [0.15, 0.2) is 4.21 Å². The van der Waals surface area contributed by atoms with Crippen LogP contribution < -0.4 is 5.32 Å². The van der Waals surface area contributed by atoms with Crippen LogP contribution in [0.25, 0.3) is 0 Å². The molecule has 25 heavy (non-hydrogen) atoms. The first-order valence-corrected chi connectivity index (χ1v) is 9.65. The molecule has 1 saturated heterocycles. The zero-order valence-electron chi connectivity index (χ0n) is 12.8. The Bertz CT molecular complexity index is 790. The lowest BCUT2D eigenvalue weighted by atomic mass is 10.1. The summed E-state index contributed by atoms with van der Waals surface area (Å²) in [6.07, 6.45) is -6.56. The Balaban J connectivity index is 2.00. The van der Waals surface area contributed by atoms with E-state index in [0.29, 0.717) is 34.3 Å². The van der Waals surface area contributed by atoms with Crippen molar-refractivity contribution >= 4 is 27.3 Å². The predicted molar refractivity (Wildman–Crippen MR) is 81.2 cm³/mol. The maximum absolute atomic E-state index is 12.9. The van der Waals surface area contributed by atoms with Gasteiger partial charge in [-0.3, -0.25) is 0 Å². The van der Waals surface area contributed by atoms with Crippen molar-refractivity contribution in [3.63, 3.8) is 0 Å². The van der Waals surface area contributed by atoms with Gasteiger partial charge in [0.1, 0.15) is 4.21 Å². The number of alkyl halides is 3. The Morgan fingerprint density at radius 1 is 1.40 bits per heavy atom. The summed E-state index contributed by atoms with van der Waals surface area (Å²) < 4.78 is 69.1. The molecule has 3 rings (SSSR count). The normalized spacial score (nSPS) is 22.6. The number of hydrogen-bond donors (Lipinski definition) is 2. The third-order valence-corrected chi connectivity index (χ3v) is 7.67. The molecule has 0 bridgehead atoms. The number of halogens is 3. The van der Waals surface area contributed by atoms with Crippen molar-refractivity contribution in [3.05, 3.63) is 16.0 Å². The predicted octanol–water partition coefficient (Wildman–Crippen LogP) is 1.04. The van der Waals surface area contributed by atoms with Crippen LogP contribution in [0.1, 0.15) is 20.8 Å². The van der Waals surface area contributed by atoms with Gasteiger partial charge in [0.2, 0.25) is 0 Å². The molecule has 1 atom stereocenters. The van der Waals surface area contributed by atoms with Crippen molar-refractivity contribution in [1.29, 1.82) is 0 Å². The molecular formula is C13H15F3N2O5S2. The van der Waals surface area contributed by atoms with Gasteiger partial charge in [-0.15, -0.1) is 11.3 Å². The Kier molecular flexibility index (Phi) is 4.83. The van der Waals surface area contributed by atoms with E-state index in [0.717, 1.165) is 11.3 Å². The minimum absolute atomic E-state index is 0.255. The summed E-state index contributed by atoms with van der Waals surface area (Å²) in [7, 11) is -4.36. The molecule has 140 valence electrons. The molecular weight excluding hydrogens is 385 g/mol. The Morgan fingerprint density at radius 3 is 2.76 bits per heavy atom. The number of hydrogen-bond acceptors (Lipinski definition) is 6. The number of aromatic carboxylic acids is 1. The van der Waals surface area contributed by atoms with Crippen molar-refractivity contribution in [1.82, 2.24) is 9.62 Å². The van der Waals surface area contributed by atoms with Gasteiger partial charge in [-0.05, 0) is 18.5 Å². The second kappa shape index (κ2) is 6.50. The molecule has 0 spiro atoms. The summed E-state index contributed by atoms with van der Waals surface area (Å²) in [6, 6.07) is 0. The fourth-order valence-electron chi connectivity index (χ4n) is 2.87. The average molecular weight is 400 g/mol. The van der Waals surface area contributed by atoms with Gasteiger partial charge < -0.3 is 15.2 Å². The largest absolute Gasteiger partial charge is 0.478 e. The lowest BCUT2D eigenvalue weighted by Crippen LogP contribution is -2.51. The first kappa shape index (κ1) is 18.6. The highest BCUT2D eigenvalue weighted by Crippen LogP contribution is 2.37. The fraction of sp³-hybridized carbons (Fsp3) is 0.615. The smallest absolute Gasteiger partial charge is 0.415 e. The molecule has 0 aliphatic carbocycles. The molecule has 1 fully saturated rings. The first-order chi connectivity index (χ1) is 11.6. The number of morpholine rings is 1. The monoisotopic (exact) mass is 400 g/mol. The molecule has 0 aromatic carbocycles. The highest BCUT2D eigenvalue weighted by atomic mass is 32.2. The summed E-state index contributed by atoms with van der Waals surface area (Å²) >= 11 is 0.805. The molecule has 0 unspecified atom stereocenters. The minimum atomic E-state index is -4.69. The van der Waals surface area contributed by atoms with Crippen LogP contribution in [0.3, 0.4) is 0 Å². The third-order valence-electron chi connectivity index (χ3n) is 4.08. The SMILES string of the molecule is O=C(O)c1c(S(=O)(=O)N2CCO[C@H](C(F)(F)F)C2)sc2c1CCNC2. The number of sulfonamides is 1. The van der Waals surface area contributed by atoms with E-state index in [1.807, 2.05) is 0 Å². The van der Waals surface area contributed by atoms with E-state index >= 15 is 0 Å². The van der Waals surface area contributed by atoms with Gasteiger partial charge in [0, 0.05) is 24.5 Å². The zero-order chi connectivity index (χ0) is 18.4. The third kappa shape index (κ3) is 3.40. The number of nitrogens with one attached hydrogen (secondary N) is 1. The van der Waals surface area contributed by atoms with Crippen LogP contribution in [-0.4, -0.2) is 62.3 Å². The van der Waals surface area contributed by atoms with Gasteiger partial charge in [-0.1, -0.05) is 0 Å². The van der Waals surface area contributed by atoms with Gasteiger partial charge in [0.25, 0.3) is 10.0 Å². The van der Waals surface area contributed by atoms with Gasteiger partial charge in [-0.2, -0.15) is 17.5 Å². The molecule has 0 amide bonds. The van der Waals surface area contributed by atoms with Crippen LogP contribution in [0.4, 0.5) is 13.2 Å². The van der Waals surface area contributed by atoms with Gasteiger partial charge in [0.05, 0.1) is 12.2 Å². The highest BCUT2D eigenvalue weighted by molar-refractivity contribution is 7.91. The van der Waals surface area contributed by atoms with E-state index in [1.165, 1.54) is 0 Å². The van der Waals surface area contributed by atoms with Crippen molar-refractivity contribution in [2.75, 3.05) is 26.2 Å². The number of carbonyl (C=O) groups is 1. The van der Waals surface area contributed by atoms with E-state index in [-0.39, 0.29) is 12.1 Å². The molecule has 2 aliphatic rings. The number of fused-ring (bicyclic) bond motifs is 1. The zero-order valence-corrected chi connectivity index (χ0v) is 14.4. The molecule has 0 saturated carbocycles. The number of carboxylic acids is 1. The summed E-state index contributed by atoms with van der Waals surface area (Å²) in [4.78, 5) is 12.2. The standard InChI is InChI=1S/C13H15F3N2O5S2/c14-13(15,16)9-6-18(3-4-23-9)25(21,22)12-10(11(19)20)7-1-2-17-5-8(7)24-12/h9,17H,1-6H2,(H,19,20)/t9-/m0/s1. The van der Waals surface area contributed by atoms with Gasteiger partial charge in [0.15, 0.2) is 6.10 Å². The molecule has 2 aliphatic heterocycles. The van der Waals surface area contributed by atoms with E-state index in [4.69, 9.17) is 0 Å². The topological polar surface area (TPSA) is 95.9 Å². The number of rotatable bonds is 3. The van der Waals surface area contributed by atoms with Crippen molar-refractivity contribution in [3.8, 4) is 0 Å². The maximum Gasteiger partial charge on any atom is 0.415 e. The molecule has 12 heteroatoms. The van der Waals surface area contributed by atoms with Crippen LogP contribution in [0, 0.1) is 0 Å². The van der Waals surface area contributed by atoms with Crippen LogP contribution in [-0.2, 0) is 27.7 Å². The molecule has 0 radical (unpaired) electrons. The summed E-state index contributed by atoms with van der Waals surface area (Å²) in [5, 5.41) is 12.5. The second-order valence-corrected chi connectivity index (χ2v) is 8.90. The van der Waals surface area contributed by atoms with Crippen molar-refractivity contribution < 1.29 is 36.2 Å². The van der Waals surface area contributed by atoms with Crippen LogP contribution in [0.2, 0.25) is 0 Å². The number of thiophene rings is 1. The molecule has 1 aromatic rings. The molecule has 3 heterocycles. The summed E-state index contributed by atoms with van der Waals surface area (Å²) in [5.41, 5.74) is 0.118. The Morgan fingerprint density at radius 2 is 2.12 bits per heavy atom. The summed E-state index contributed by atoms with van der Waals surface area (Å²) in [5.74, 6) is -1.39. The van der Waals surface area contributed by atoms with E-state index in [9.17, 15) is 31.5 Å². The Hall–Kier alpha value is -1.21. The van der Waals surface area contributed by atoms with E-state index < -0.39 is 45.6 Å². The number of carboxylic acid groups (broad SMARTS) is 1. The fourth-order valence-corrected chi connectivity index (χ4v) is 6.29. The molecule has 2 N–H and O–H groups in total. The lowest BCUT2D eigenvalue weighted by Gasteiger charge is -2.32.